The minimum Gasteiger partial charge on any atom is -0.387 e. The number of methoxy groups -OCH3 is 1. The van der Waals surface area contributed by atoms with Crippen LogP contribution in [0, 0.1) is 11.6 Å². The Kier molecular flexibility index (Phi) is 7.78. The van der Waals surface area contributed by atoms with Crippen LogP contribution >= 0.6 is 0 Å². The van der Waals surface area contributed by atoms with Crippen molar-refractivity contribution in [3.8, 4) is 0 Å². The van der Waals surface area contributed by atoms with Gasteiger partial charge in [0.05, 0.1) is 12.7 Å². The summed E-state index contributed by atoms with van der Waals surface area (Å²) in [5.74, 6) is -1.90. The van der Waals surface area contributed by atoms with Gasteiger partial charge in [-0.25, -0.2) is 8.78 Å². The number of hydrogen-bond acceptors (Lipinski definition) is 3. The molecule has 3 nitrogen and oxygen atoms in total. The molecule has 0 radical (unpaired) electrons. The van der Waals surface area contributed by atoms with Crippen molar-refractivity contribution in [3.05, 3.63) is 35.4 Å². The fraction of sp³-hybridized carbons (Fsp3) is 0.625. The molecule has 120 valence electrons. The first-order valence-corrected chi connectivity index (χ1v) is 7.40. The first-order chi connectivity index (χ1) is 10.0. The van der Waals surface area contributed by atoms with Gasteiger partial charge in [0.25, 0.3) is 0 Å². The minimum absolute atomic E-state index is 0.00312. The third kappa shape index (κ3) is 5.02. The zero-order chi connectivity index (χ0) is 15.8. The van der Waals surface area contributed by atoms with Crippen LogP contribution in [0.15, 0.2) is 18.2 Å². The second-order valence-corrected chi connectivity index (χ2v) is 5.12. The second kappa shape index (κ2) is 9.07. The Hall–Kier alpha value is -1.04. The summed E-state index contributed by atoms with van der Waals surface area (Å²) in [6.07, 6.45) is 0.801. The lowest BCUT2D eigenvalue weighted by atomic mass is 10.1. The van der Waals surface area contributed by atoms with Crippen molar-refractivity contribution in [1.82, 2.24) is 4.90 Å². The Bertz CT molecular complexity index is 425. The third-order valence-corrected chi connectivity index (χ3v) is 3.79. The van der Waals surface area contributed by atoms with Crippen molar-refractivity contribution in [3.63, 3.8) is 0 Å². The van der Waals surface area contributed by atoms with Crippen molar-refractivity contribution in [2.75, 3.05) is 26.8 Å². The molecule has 0 saturated carbocycles. The van der Waals surface area contributed by atoms with E-state index in [-0.39, 0.29) is 18.2 Å². The molecule has 21 heavy (non-hydrogen) atoms. The van der Waals surface area contributed by atoms with Crippen molar-refractivity contribution >= 4 is 0 Å². The second-order valence-electron chi connectivity index (χ2n) is 5.12. The topological polar surface area (TPSA) is 32.7 Å². The highest BCUT2D eigenvalue weighted by atomic mass is 19.2. The standard InChI is InChI=1S/C16H25F2NO2/c1-4-12(5-2)19(9-10-21-3)11-15(20)13-7-6-8-14(17)16(13)18/h6-8,12,15,20H,4-5,9-11H2,1-3H3. The SMILES string of the molecule is CCC(CC)N(CCOC)CC(O)c1cccc(F)c1F. The summed E-state index contributed by atoms with van der Waals surface area (Å²) in [5.41, 5.74) is 0.00312. The average molecular weight is 301 g/mol. The molecule has 0 spiro atoms. The fourth-order valence-electron chi connectivity index (χ4n) is 2.53. The summed E-state index contributed by atoms with van der Waals surface area (Å²) < 4.78 is 32.1. The van der Waals surface area contributed by atoms with Gasteiger partial charge in [0.2, 0.25) is 0 Å². The molecule has 1 atom stereocenters. The van der Waals surface area contributed by atoms with Crippen molar-refractivity contribution < 1.29 is 18.6 Å². The van der Waals surface area contributed by atoms with Crippen LogP contribution in [0.3, 0.4) is 0 Å². The van der Waals surface area contributed by atoms with E-state index >= 15 is 0 Å². The molecule has 5 heteroatoms. The van der Waals surface area contributed by atoms with Gasteiger partial charge in [0.1, 0.15) is 0 Å². The molecule has 1 aromatic rings. The minimum atomic E-state index is -1.06. The number of benzene rings is 1. The quantitative estimate of drug-likeness (QED) is 0.760. The van der Waals surface area contributed by atoms with E-state index in [2.05, 4.69) is 18.7 Å². The Labute approximate surface area is 125 Å². The number of rotatable bonds is 9. The maximum absolute atomic E-state index is 13.7. The molecule has 0 aliphatic heterocycles. The van der Waals surface area contributed by atoms with Gasteiger partial charge in [-0.3, -0.25) is 4.90 Å². The van der Waals surface area contributed by atoms with Crippen molar-refractivity contribution in [2.24, 2.45) is 0 Å². The highest BCUT2D eigenvalue weighted by Crippen LogP contribution is 2.22. The van der Waals surface area contributed by atoms with E-state index in [0.717, 1.165) is 18.9 Å². The first kappa shape index (κ1) is 18.0. The van der Waals surface area contributed by atoms with E-state index in [4.69, 9.17) is 4.74 Å². The van der Waals surface area contributed by atoms with Gasteiger partial charge in [-0.1, -0.05) is 26.0 Å². The Morgan fingerprint density at radius 3 is 2.48 bits per heavy atom. The molecule has 1 aromatic carbocycles. The van der Waals surface area contributed by atoms with E-state index in [0.29, 0.717) is 13.2 Å². The highest BCUT2D eigenvalue weighted by Gasteiger charge is 2.22. The summed E-state index contributed by atoms with van der Waals surface area (Å²) >= 11 is 0. The molecule has 1 unspecified atom stereocenters. The molecule has 0 aromatic heterocycles. The van der Waals surface area contributed by atoms with Crippen LogP contribution in [0.1, 0.15) is 38.4 Å². The smallest absolute Gasteiger partial charge is 0.164 e. The maximum atomic E-state index is 13.7. The molecule has 1 rings (SSSR count). The lowest BCUT2D eigenvalue weighted by molar-refractivity contribution is 0.0590. The number of halogens is 2. The summed E-state index contributed by atoms with van der Waals surface area (Å²) in [5, 5.41) is 10.2. The van der Waals surface area contributed by atoms with Gasteiger partial charge in [-0.05, 0) is 18.9 Å². The Morgan fingerprint density at radius 1 is 1.24 bits per heavy atom. The van der Waals surface area contributed by atoms with Crippen LogP contribution < -0.4 is 0 Å². The normalized spacial score (nSPS) is 13.1. The molecule has 0 amide bonds. The van der Waals surface area contributed by atoms with Gasteiger partial charge in [-0.2, -0.15) is 0 Å². The molecule has 0 bridgehead atoms. The molecule has 0 aliphatic rings. The van der Waals surface area contributed by atoms with Crippen LogP contribution in [0.4, 0.5) is 8.78 Å². The predicted molar refractivity (Wildman–Crippen MR) is 79.1 cm³/mol. The molecular formula is C16H25F2NO2. The summed E-state index contributed by atoms with van der Waals surface area (Å²) in [6, 6.07) is 4.17. The molecule has 0 saturated heterocycles. The fourth-order valence-corrected chi connectivity index (χ4v) is 2.53. The first-order valence-electron chi connectivity index (χ1n) is 7.40. The predicted octanol–water partition coefficient (Wildman–Crippen LogP) is 3.14. The van der Waals surface area contributed by atoms with E-state index in [1.807, 2.05) is 0 Å². The summed E-state index contributed by atoms with van der Waals surface area (Å²) in [7, 11) is 1.62. The zero-order valence-electron chi connectivity index (χ0n) is 13.0. The molecule has 0 fully saturated rings. The van der Waals surface area contributed by atoms with Crippen LogP contribution in [-0.4, -0.2) is 42.9 Å². The zero-order valence-corrected chi connectivity index (χ0v) is 13.0. The van der Waals surface area contributed by atoms with Gasteiger partial charge in [-0.15, -0.1) is 0 Å². The summed E-state index contributed by atoms with van der Waals surface area (Å²) in [4.78, 5) is 2.07. The number of aliphatic hydroxyl groups excluding tert-OH is 1. The number of aliphatic hydroxyl groups is 1. The van der Waals surface area contributed by atoms with Gasteiger partial charge in [0, 0.05) is 31.8 Å². The van der Waals surface area contributed by atoms with E-state index < -0.39 is 17.7 Å². The largest absolute Gasteiger partial charge is 0.387 e. The lowest BCUT2D eigenvalue weighted by Gasteiger charge is -2.32. The Morgan fingerprint density at radius 2 is 1.90 bits per heavy atom. The van der Waals surface area contributed by atoms with Crippen LogP contribution in [0.2, 0.25) is 0 Å². The maximum Gasteiger partial charge on any atom is 0.164 e. The van der Waals surface area contributed by atoms with Gasteiger partial charge in [0.15, 0.2) is 11.6 Å². The van der Waals surface area contributed by atoms with Crippen molar-refractivity contribution in [2.45, 2.75) is 38.8 Å². The Balaban J connectivity index is 2.83. The lowest BCUT2D eigenvalue weighted by Crippen LogP contribution is -2.40. The molecule has 0 heterocycles. The highest BCUT2D eigenvalue weighted by molar-refractivity contribution is 5.21. The van der Waals surface area contributed by atoms with Gasteiger partial charge < -0.3 is 9.84 Å². The van der Waals surface area contributed by atoms with Crippen LogP contribution in [0.5, 0.6) is 0 Å². The monoisotopic (exact) mass is 301 g/mol. The molecule has 0 aliphatic carbocycles. The number of nitrogens with zero attached hydrogens (tertiary/aromatic N) is 1. The van der Waals surface area contributed by atoms with E-state index in [1.54, 1.807) is 7.11 Å². The van der Waals surface area contributed by atoms with Gasteiger partial charge >= 0.3 is 0 Å². The van der Waals surface area contributed by atoms with Crippen LogP contribution in [-0.2, 0) is 4.74 Å². The van der Waals surface area contributed by atoms with E-state index in [9.17, 15) is 13.9 Å². The molecule has 1 N–H and O–H groups in total. The average Bonchev–Trinajstić information content (AvgIpc) is 2.48. The third-order valence-electron chi connectivity index (χ3n) is 3.79. The van der Waals surface area contributed by atoms with Crippen LogP contribution in [0.25, 0.3) is 0 Å². The number of ether oxygens (including phenoxy) is 1. The summed E-state index contributed by atoms with van der Waals surface area (Å²) in [6.45, 7) is 5.59. The number of hydrogen-bond donors (Lipinski definition) is 1. The molecular weight excluding hydrogens is 276 g/mol. The van der Waals surface area contributed by atoms with E-state index in [1.165, 1.54) is 12.1 Å². The van der Waals surface area contributed by atoms with Crippen molar-refractivity contribution in [1.29, 1.82) is 0 Å².